The lowest BCUT2D eigenvalue weighted by Gasteiger charge is -2.23. The van der Waals surface area contributed by atoms with Gasteiger partial charge in [-0.1, -0.05) is 25.0 Å². The second-order valence-corrected chi connectivity index (χ2v) is 6.65. The molecule has 26 heavy (non-hydrogen) atoms. The van der Waals surface area contributed by atoms with Crippen LogP contribution in [0.3, 0.4) is 0 Å². The lowest BCUT2D eigenvalue weighted by Crippen LogP contribution is -2.41. The minimum atomic E-state index is -0.570. The lowest BCUT2D eigenvalue weighted by atomic mass is 10.1. The molecule has 3 N–H and O–H groups in total. The van der Waals surface area contributed by atoms with Crippen molar-refractivity contribution in [3.05, 3.63) is 36.9 Å². The third kappa shape index (κ3) is 5.57. The Balaban J connectivity index is 1.44. The number of urea groups is 1. The maximum Gasteiger partial charge on any atom is 0.319 e. The zero-order valence-electron chi connectivity index (χ0n) is 14.9. The molecule has 1 aliphatic rings. The van der Waals surface area contributed by atoms with E-state index in [4.69, 9.17) is 4.42 Å². The highest BCUT2D eigenvalue weighted by atomic mass is 16.3. The van der Waals surface area contributed by atoms with Crippen molar-refractivity contribution in [1.29, 1.82) is 0 Å². The molecule has 0 saturated carbocycles. The van der Waals surface area contributed by atoms with Crippen molar-refractivity contribution in [3.63, 3.8) is 0 Å². The number of nitrogens with zero attached hydrogens (tertiary/aromatic N) is 2. The van der Waals surface area contributed by atoms with Crippen molar-refractivity contribution >= 4 is 11.7 Å². The van der Waals surface area contributed by atoms with Crippen molar-refractivity contribution < 1.29 is 14.3 Å². The van der Waals surface area contributed by atoms with Gasteiger partial charge in [0.15, 0.2) is 12.2 Å². The van der Waals surface area contributed by atoms with Gasteiger partial charge in [0.2, 0.25) is 0 Å². The molecule has 1 aromatic carbocycles. The number of rotatable bonds is 6. The standard InChI is InChI=1S/C19H26N4O3/c24-17(13-23-8-3-1-2-4-9-23)11-21-19(25)22-16-7-5-6-15(10-16)18-12-20-14-26-18/h5-7,10,12,14,17,24H,1-4,8-9,11,13H2,(H2,21,22,25). The Labute approximate surface area is 153 Å². The van der Waals surface area contributed by atoms with Crippen LogP contribution in [0.1, 0.15) is 25.7 Å². The Bertz CT molecular complexity index is 682. The van der Waals surface area contributed by atoms with Crippen LogP contribution in [0.15, 0.2) is 41.3 Å². The van der Waals surface area contributed by atoms with Crippen LogP contribution in [0.4, 0.5) is 10.5 Å². The third-order valence-corrected chi connectivity index (χ3v) is 4.50. The predicted octanol–water partition coefficient (Wildman–Crippen LogP) is 2.70. The summed E-state index contributed by atoms with van der Waals surface area (Å²) in [6.07, 6.45) is 7.32. The Morgan fingerprint density at radius 3 is 2.81 bits per heavy atom. The topological polar surface area (TPSA) is 90.6 Å². The lowest BCUT2D eigenvalue weighted by molar-refractivity contribution is 0.115. The zero-order valence-corrected chi connectivity index (χ0v) is 14.9. The third-order valence-electron chi connectivity index (χ3n) is 4.50. The van der Waals surface area contributed by atoms with Crippen molar-refractivity contribution in [3.8, 4) is 11.3 Å². The SMILES string of the molecule is O=C(NCC(O)CN1CCCCCC1)Nc1cccc(-c2cnco2)c1. The molecule has 1 aliphatic heterocycles. The number of hydrogen-bond donors (Lipinski definition) is 3. The van der Waals surface area contributed by atoms with Gasteiger partial charge in [-0.25, -0.2) is 9.78 Å². The van der Waals surface area contributed by atoms with Crippen LogP contribution in [0.2, 0.25) is 0 Å². The highest BCUT2D eigenvalue weighted by Crippen LogP contribution is 2.21. The Hall–Kier alpha value is -2.38. The summed E-state index contributed by atoms with van der Waals surface area (Å²) in [5.74, 6) is 0.641. The summed E-state index contributed by atoms with van der Waals surface area (Å²) < 4.78 is 5.26. The fourth-order valence-corrected chi connectivity index (χ4v) is 3.18. The molecule has 1 unspecified atom stereocenters. The van der Waals surface area contributed by atoms with Crippen molar-refractivity contribution in [2.24, 2.45) is 0 Å². The summed E-state index contributed by atoms with van der Waals surface area (Å²) in [6.45, 7) is 2.88. The number of aliphatic hydroxyl groups is 1. The number of benzene rings is 1. The second-order valence-electron chi connectivity index (χ2n) is 6.65. The molecule has 2 aromatic rings. The van der Waals surface area contributed by atoms with Crippen LogP contribution < -0.4 is 10.6 Å². The minimum Gasteiger partial charge on any atom is -0.444 e. The van der Waals surface area contributed by atoms with Gasteiger partial charge in [-0.2, -0.15) is 0 Å². The van der Waals surface area contributed by atoms with Gasteiger partial charge in [-0.15, -0.1) is 0 Å². The average Bonchev–Trinajstić information content (AvgIpc) is 3.06. The number of oxazole rings is 1. The van der Waals surface area contributed by atoms with Gasteiger partial charge in [0, 0.05) is 24.3 Å². The Morgan fingerprint density at radius 1 is 1.27 bits per heavy atom. The molecule has 1 atom stereocenters. The molecule has 2 heterocycles. The molecule has 1 fully saturated rings. The summed E-state index contributed by atoms with van der Waals surface area (Å²) >= 11 is 0. The first-order valence-corrected chi connectivity index (χ1v) is 9.15. The summed E-state index contributed by atoms with van der Waals surface area (Å²) in [6, 6.07) is 6.99. The van der Waals surface area contributed by atoms with Crippen LogP contribution in [-0.2, 0) is 0 Å². The number of aliphatic hydroxyl groups excluding tert-OH is 1. The quantitative estimate of drug-likeness (QED) is 0.739. The fourth-order valence-electron chi connectivity index (χ4n) is 3.18. The van der Waals surface area contributed by atoms with E-state index < -0.39 is 6.10 Å². The summed E-state index contributed by atoms with van der Waals surface area (Å²) in [5, 5.41) is 15.7. The van der Waals surface area contributed by atoms with E-state index in [2.05, 4.69) is 20.5 Å². The molecule has 1 aromatic heterocycles. The van der Waals surface area contributed by atoms with E-state index in [1.165, 1.54) is 32.1 Å². The van der Waals surface area contributed by atoms with Gasteiger partial charge in [0.25, 0.3) is 0 Å². The molecule has 7 heteroatoms. The molecule has 3 rings (SSSR count). The highest BCUT2D eigenvalue weighted by Gasteiger charge is 2.14. The van der Waals surface area contributed by atoms with Crippen LogP contribution in [0.5, 0.6) is 0 Å². The van der Waals surface area contributed by atoms with E-state index in [-0.39, 0.29) is 12.6 Å². The molecule has 0 bridgehead atoms. The number of carbonyl (C=O) groups excluding carboxylic acids is 1. The number of anilines is 1. The second kappa shape index (κ2) is 9.35. The van der Waals surface area contributed by atoms with Gasteiger partial charge < -0.3 is 25.1 Å². The first kappa shape index (κ1) is 18.4. The van der Waals surface area contributed by atoms with Gasteiger partial charge >= 0.3 is 6.03 Å². The van der Waals surface area contributed by atoms with E-state index in [1.807, 2.05) is 18.2 Å². The van der Waals surface area contributed by atoms with Crippen LogP contribution in [-0.4, -0.2) is 53.3 Å². The average molecular weight is 358 g/mol. The number of β-amino-alcohol motifs (C(OH)–C–C–N with tert-alkyl or cyclic N) is 1. The predicted molar refractivity (Wildman–Crippen MR) is 99.9 cm³/mol. The Morgan fingerprint density at radius 2 is 2.08 bits per heavy atom. The van der Waals surface area contributed by atoms with E-state index in [1.54, 1.807) is 12.3 Å². The number of hydrogen-bond acceptors (Lipinski definition) is 5. The number of carbonyl (C=O) groups is 1. The molecule has 0 aliphatic carbocycles. The largest absolute Gasteiger partial charge is 0.444 e. The van der Waals surface area contributed by atoms with Crippen LogP contribution in [0, 0.1) is 0 Å². The fraction of sp³-hybridized carbons (Fsp3) is 0.474. The molecule has 0 radical (unpaired) electrons. The van der Waals surface area contributed by atoms with Gasteiger partial charge in [-0.05, 0) is 38.1 Å². The number of amides is 2. The molecule has 2 amide bonds. The monoisotopic (exact) mass is 358 g/mol. The molecule has 140 valence electrons. The molecular formula is C19H26N4O3. The van der Waals surface area contributed by atoms with Crippen LogP contribution in [0.25, 0.3) is 11.3 Å². The molecular weight excluding hydrogens is 332 g/mol. The highest BCUT2D eigenvalue weighted by molar-refractivity contribution is 5.89. The number of aromatic nitrogens is 1. The zero-order chi connectivity index (χ0) is 18.2. The maximum absolute atomic E-state index is 12.1. The minimum absolute atomic E-state index is 0.226. The van der Waals surface area contributed by atoms with E-state index >= 15 is 0 Å². The maximum atomic E-state index is 12.1. The normalized spacial score (nSPS) is 16.7. The number of likely N-dealkylation sites (tertiary alicyclic amines) is 1. The molecule has 7 nitrogen and oxygen atoms in total. The first-order chi connectivity index (χ1) is 12.7. The summed E-state index contributed by atoms with van der Waals surface area (Å²) in [4.78, 5) is 18.2. The Kier molecular flexibility index (Phi) is 6.62. The van der Waals surface area contributed by atoms with Crippen LogP contribution >= 0.6 is 0 Å². The molecule has 1 saturated heterocycles. The summed E-state index contributed by atoms with van der Waals surface area (Å²) in [5.41, 5.74) is 1.49. The van der Waals surface area contributed by atoms with Crippen molar-refractivity contribution in [1.82, 2.24) is 15.2 Å². The van der Waals surface area contributed by atoms with E-state index in [9.17, 15) is 9.90 Å². The van der Waals surface area contributed by atoms with Crippen molar-refractivity contribution in [2.75, 3.05) is 31.5 Å². The van der Waals surface area contributed by atoms with Crippen molar-refractivity contribution in [2.45, 2.75) is 31.8 Å². The summed E-state index contributed by atoms with van der Waals surface area (Å²) in [7, 11) is 0. The molecule has 0 spiro atoms. The van der Waals surface area contributed by atoms with Gasteiger partial charge in [0.05, 0.1) is 12.3 Å². The smallest absolute Gasteiger partial charge is 0.319 e. The van der Waals surface area contributed by atoms with Gasteiger partial charge in [-0.3, -0.25) is 0 Å². The number of nitrogens with one attached hydrogen (secondary N) is 2. The van der Waals surface area contributed by atoms with E-state index in [0.717, 1.165) is 18.7 Å². The first-order valence-electron chi connectivity index (χ1n) is 9.15. The van der Waals surface area contributed by atoms with Gasteiger partial charge in [0.1, 0.15) is 0 Å². The van der Waals surface area contributed by atoms with E-state index in [0.29, 0.717) is 18.0 Å².